The lowest BCUT2D eigenvalue weighted by atomic mass is 10.1. The molecule has 2 nitrogen and oxygen atoms in total. The highest BCUT2D eigenvalue weighted by Gasteiger charge is 2.08. The van der Waals surface area contributed by atoms with E-state index in [1.54, 1.807) is 0 Å². The van der Waals surface area contributed by atoms with Gasteiger partial charge in [0.05, 0.1) is 6.10 Å². The summed E-state index contributed by atoms with van der Waals surface area (Å²) in [5, 5.41) is 0. The standard InChI is InChI=1S/C17H34O2/c1-4-6-8-9-10-11-12-13-15-17(18)19-16(3)14-7-5-2/h16H,4-15H2,1-3H3. The van der Waals surface area contributed by atoms with Gasteiger partial charge in [-0.15, -0.1) is 0 Å². The Kier molecular flexibility index (Phi) is 13.5. The van der Waals surface area contributed by atoms with Crippen molar-refractivity contribution in [1.82, 2.24) is 0 Å². The predicted octanol–water partition coefficient (Wildman–Crippen LogP) is 5.64. The fraction of sp³-hybridized carbons (Fsp3) is 0.941. The summed E-state index contributed by atoms with van der Waals surface area (Å²) in [5.74, 6) is -0.00501. The van der Waals surface area contributed by atoms with E-state index in [1.165, 1.54) is 51.4 Å². The summed E-state index contributed by atoms with van der Waals surface area (Å²) in [6.07, 6.45) is 14.2. The van der Waals surface area contributed by atoms with Gasteiger partial charge in [-0.05, 0) is 19.8 Å². The van der Waals surface area contributed by atoms with Gasteiger partial charge in [-0.3, -0.25) is 4.79 Å². The Labute approximate surface area is 120 Å². The highest BCUT2D eigenvalue weighted by atomic mass is 16.5. The van der Waals surface area contributed by atoms with Crippen LogP contribution in [0.25, 0.3) is 0 Å². The lowest BCUT2D eigenvalue weighted by Crippen LogP contribution is -2.14. The average molecular weight is 270 g/mol. The first-order valence-electron chi connectivity index (χ1n) is 8.40. The van der Waals surface area contributed by atoms with Crippen LogP contribution in [-0.2, 0) is 9.53 Å². The van der Waals surface area contributed by atoms with Crippen molar-refractivity contribution in [3.63, 3.8) is 0 Å². The summed E-state index contributed by atoms with van der Waals surface area (Å²) in [6.45, 7) is 6.41. The number of hydrogen-bond donors (Lipinski definition) is 0. The van der Waals surface area contributed by atoms with Gasteiger partial charge in [0.15, 0.2) is 0 Å². The molecule has 0 saturated heterocycles. The van der Waals surface area contributed by atoms with Crippen molar-refractivity contribution in [3.8, 4) is 0 Å². The fourth-order valence-electron chi connectivity index (χ4n) is 2.24. The van der Waals surface area contributed by atoms with Gasteiger partial charge < -0.3 is 4.74 Å². The molecule has 0 aliphatic rings. The number of rotatable bonds is 13. The number of ether oxygens (including phenoxy) is 1. The second-order valence-electron chi connectivity index (χ2n) is 5.67. The molecule has 0 fully saturated rings. The van der Waals surface area contributed by atoms with Crippen molar-refractivity contribution in [2.45, 2.75) is 104 Å². The fourth-order valence-corrected chi connectivity index (χ4v) is 2.24. The average Bonchev–Trinajstić information content (AvgIpc) is 2.39. The number of carbonyl (C=O) groups excluding carboxylic acids is 1. The number of carbonyl (C=O) groups is 1. The predicted molar refractivity (Wildman–Crippen MR) is 82.3 cm³/mol. The van der Waals surface area contributed by atoms with Crippen LogP contribution in [0.5, 0.6) is 0 Å². The molecule has 0 N–H and O–H groups in total. The monoisotopic (exact) mass is 270 g/mol. The van der Waals surface area contributed by atoms with Gasteiger partial charge in [0, 0.05) is 6.42 Å². The zero-order chi connectivity index (χ0) is 14.3. The number of hydrogen-bond acceptors (Lipinski definition) is 2. The van der Waals surface area contributed by atoms with Gasteiger partial charge in [-0.2, -0.15) is 0 Å². The summed E-state index contributed by atoms with van der Waals surface area (Å²) < 4.78 is 5.37. The van der Waals surface area contributed by atoms with Crippen LogP contribution in [0.15, 0.2) is 0 Å². The minimum absolute atomic E-state index is 0.00501. The van der Waals surface area contributed by atoms with Crippen molar-refractivity contribution < 1.29 is 9.53 Å². The van der Waals surface area contributed by atoms with Crippen LogP contribution < -0.4 is 0 Å². The van der Waals surface area contributed by atoms with Crippen molar-refractivity contribution in [2.24, 2.45) is 0 Å². The zero-order valence-corrected chi connectivity index (χ0v) is 13.4. The van der Waals surface area contributed by atoms with E-state index in [0.29, 0.717) is 6.42 Å². The third kappa shape index (κ3) is 13.7. The maximum Gasteiger partial charge on any atom is 0.306 e. The Morgan fingerprint density at radius 3 is 1.95 bits per heavy atom. The molecule has 0 rings (SSSR count). The van der Waals surface area contributed by atoms with Gasteiger partial charge in [0.25, 0.3) is 0 Å². The smallest absolute Gasteiger partial charge is 0.306 e. The molecule has 0 aromatic heterocycles. The van der Waals surface area contributed by atoms with E-state index in [4.69, 9.17) is 4.74 Å². The molecule has 0 amide bonds. The van der Waals surface area contributed by atoms with Crippen molar-refractivity contribution in [2.75, 3.05) is 0 Å². The van der Waals surface area contributed by atoms with E-state index < -0.39 is 0 Å². The Morgan fingerprint density at radius 1 is 0.842 bits per heavy atom. The molecule has 0 spiro atoms. The molecule has 0 aliphatic carbocycles. The van der Waals surface area contributed by atoms with Gasteiger partial charge in [0.1, 0.15) is 0 Å². The first-order chi connectivity index (χ1) is 9.20. The van der Waals surface area contributed by atoms with Gasteiger partial charge in [-0.1, -0.05) is 71.6 Å². The maximum atomic E-state index is 11.6. The first kappa shape index (κ1) is 18.5. The molecule has 0 bridgehead atoms. The van der Waals surface area contributed by atoms with Crippen LogP contribution in [0.4, 0.5) is 0 Å². The molecule has 0 heterocycles. The summed E-state index contributed by atoms with van der Waals surface area (Å²) in [4.78, 5) is 11.6. The van der Waals surface area contributed by atoms with E-state index in [0.717, 1.165) is 19.3 Å². The lowest BCUT2D eigenvalue weighted by Gasteiger charge is -2.12. The summed E-state index contributed by atoms with van der Waals surface area (Å²) in [5.41, 5.74) is 0. The molecule has 0 radical (unpaired) electrons. The third-order valence-electron chi connectivity index (χ3n) is 3.53. The Balaban J connectivity index is 3.28. The number of unbranched alkanes of at least 4 members (excludes halogenated alkanes) is 8. The van der Waals surface area contributed by atoms with Crippen LogP contribution in [0.2, 0.25) is 0 Å². The Hall–Kier alpha value is -0.530. The van der Waals surface area contributed by atoms with Gasteiger partial charge >= 0.3 is 5.97 Å². The van der Waals surface area contributed by atoms with E-state index >= 15 is 0 Å². The van der Waals surface area contributed by atoms with Crippen LogP contribution in [0, 0.1) is 0 Å². The van der Waals surface area contributed by atoms with Gasteiger partial charge in [-0.25, -0.2) is 0 Å². The second kappa shape index (κ2) is 13.9. The number of esters is 1. The molecular weight excluding hydrogens is 236 g/mol. The van der Waals surface area contributed by atoms with Crippen LogP contribution >= 0.6 is 0 Å². The van der Waals surface area contributed by atoms with E-state index in [9.17, 15) is 4.79 Å². The molecule has 0 aliphatic heterocycles. The van der Waals surface area contributed by atoms with Crippen LogP contribution in [0.1, 0.15) is 97.8 Å². The highest BCUT2D eigenvalue weighted by Crippen LogP contribution is 2.11. The normalized spacial score (nSPS) is 12.4. The molecule has 19 heavy (non-hydrogen) atoms. The van der Waals surface area contributed by atoms with Crippen LogP contribution in [-0.4, -0.2) is 12.1 Å². The third-order valence-corrected chi connectivity index (χ3v) is 3.53. The minimum atomic E-state index is -0.00501. The van der Waals surface area contributed by atoms with E-state index in [-0.39, 0.29) is 12.1 Å². The maximum absolute atomic E-state index is 11.6. The van der Waals surface area contributed by atoms with Crippen molar-refractivity contribution >= 4 is 5.97 Å². The van der Waals surface area contributed by atoms with E-state index in [1.807, 2.05) is 6.92 Å². The first-order valence-corrected chi connectivity index (χ1v) is 8.40. The van der Waals surface area contributed by atoms with E-state index in [2.05, 4.69) is 13.8 Å². The topological polar surface area (TPSA) is 26.3 Å². The Bertz CT molecular complexity index is 201. The largest absolute Gasteiger partial charge is 0.463 e. The summed E-state index contributed by atoms with van der Waals surface area (Å²) >= 11 is 0. The minimum Gasteiger partial charge on any atom is -0.463 e. The van der Waals surface area contributed by atoms with Crippen LogP contribution in [0.3, 0.4) is 0 Å². The van der Waals surface area contributed by atoms with Crippen molar-refractivity contribution in [3.05, 3.63) is 0 Å². The van der Waals surface area contributed by atoms with Crippen molar-refractivity contribution in [1.29, 1.82) is 0 Å². The highest BCUT2D eigenvalue weighted by molar-refractivity contribution is 5.69. The molecule has 1 unspecified atom stereocenters. The SMILES string of the molecule is CCCCCCCCCCC(=O)OC(C)CCCC. The molecule has 0 aromatic carbocycles. The Morgan fingerprint density at radius 2 is 1.37 bits per heavy atom. The molecule has 2 heteroatoms. The molecule has 114 valence electrons. The lowest BCUT2D eigenvalue weighted by molar-refractivity contribution is -0.148. The van der Waals surface area contributed by atoms with Gasteiger partial charge in [0.2, 0.25) is 0 Å². The molecule has 0 aromatic rings. The molecule has 0 saturated carbocycles. The summed E-state index contributed by atoms with van der Waals surface area (Å²) in [6, 6.07) is 0. The molecular formula is C17H34O2. The quantitative estimate of drug-likeness (QED) is 0.320. The zero-order valence-electron chi connectivity index (χ0n) is 13.4. The second-order valence-corrected chi connectivity index (χ2v) is 5.67. The molecule has 1 atom stereocenters. The summed E-state index contributed by atoms with van der Waals surface area (Å²) in [7, 11) is 0.